The Labute approximate surface area is 77.8 Å². The Balaban J connectivity index is 2.46. The van der Waals surface area contributed by atoms with Gasteiger partial charge >= 0.3 is 5.97 Å². The van der Waals surface area contributed by atoms with Gasteiger partial charge in [0.1, 0.15) is 5.60 Å². The van der Waals surface area contributed by atoms with Crippen molar-refractivity contribution in [2.45, 2.75) is 38.4 Å². The van der Waals surface area contributed by atoms with Crippen molar-refractivity contribution < 1.29 is 19.4 Å². The van der Waals surface area contributed by atoms with E-state index in [1.807, 2.05) is 0 Å². The topological polar surface area (TPSA) is 55.8 Å². The molecule has 1 N–H and O–H groups in total. The van der Waals surface area contributed by atoms with Crippen LogP contribution in [0.5, 0.6) is 0 Å². The maximum absolute atomic E-state index is 11.1. The van der Waals surface area contributed by atoms with Gasteiger partial charge in [0.2, 0.25) is 0 Å². The van der Waals surface area contributed by atoms with Crippen molar-refractivity contribution in [3.8, 4) is 0 Å². The summed E-state index contributed by atoms with van der Waals surface area (Å²) in [5.41, 5.74) is -1.02. The molecule has 4 nitrogen and oxygen atoms in total. The van der Waals surface area contributed by atoms with Crippen LogP contribution in [0.3, 0.4) is 0 Å². The van der Waals surface area contributed by atoms with Crippen LogP contribution in [-0.4, -0.2) is 36.0 Å². The Hall–Kier alpha value is -0.610. The van der Waals surface area contributed by atoms with Gasteiger partial charge in [-0.25, -0.2) is 0 Å². The van der Waals surface area contributed by atoms with Gasteiger partial charge in [-0.1, -0.05) is 0 Å². The highest BCUT2D eigenvalue weighted by molar-refractivity contribution is 5.70. The molecule has 2 unspecified atom stereocenters. The van der Waals surface area contributed by atoms with E-state index in [1.165, 1.54) is 0 Å². The standard InChI is InChI=1S/C9H16O4/c1-3-12-8(10)6-9(11)4-5-13-7(9)2/h7,11H,3-6H2,1-2H3. The van der Waals surface area contributed by atoms with E-state index in [9.17, 15) is 9.90 Å². The van der Waals surface area contributed by atoms with Crippen molar-refractivity contribution in [3.63, 3.8) is 0 Å². The van der Waals surface area contributed by atoms with Crippen LogP contribution in [0.1, 0.15) is 26.7 Å². The number of esters is 1. The smallest absolute Gasteiger partial charge is 0.308 e. The van der Waals surface area contributed by atoms with Gasteiger partial charge in [-0.05, 0) is 13.8 Å². The number of aliphatic hydroxyl groups is 1. The van der Waals surface area contributed by atoms with Gasteiger partial charge in [-0.2, -0.15) is 0 Å². The fourth-order valence-corrected chi connectivity index (χ4v) is 1.46. The third kappa shape index (κ3) is 2.42. The van der Waals surface area contributed by atoms with Crippen molar-refractivity contribution in [1.82, 2.24) is 0 Å². The minimum absolute atomic E-state index is 0.0298. The van der Waals surface area contributed by atoms with Crippen LogP contribution in [0.15, 0.2) is 0 Å². The van der Waals surface area contributed by atoms with Crippen LogP contribution >= 0.6 is 0 Å². The fraction of sp³-hybridized carbons (Fsp3) is 0.889. The molecule has 0 aromatic carbocycles. The van der Waals surface area contributed by atoms with Crippen LogP contribution in [0.25, 0.3) is 0 Å². The van der Waals surface area contributed by atoms with E-state index in [4.69, 9.17) is 9.47 Å². The van der Waals surface area contributed by atoms with Crippen LogP contribution in [-0.2, 0) is 14.3 Å². The maximum atomic E-state index is 11.1. The minimum Gasteiger partial charge on any atom is -0.466 e. The summed E-state index contributed by atoms with van der Waals surface area (Å²) in [5.74, 6) is -0.359. The lowest BCUT2D eigenvalue weighted by Crippen LogP contribution is -2.38. The van der Waals surface area contributed by atoms with Crippen molar-refractivity contribution >= 4 is 5.97 Å². The van der Waals surface area contributed by atoms with Crippen LogP contribution < -0.4 is 0 Å². The van der Waals surface area contributed by atoms with E-state index in [2.05, 4.69) is 0 Å². The first-order valence-electron chi connectivity index (χ1n) is 4.58. The molecule has 0 amide bonds. The SMILES string of the molecule is CCOC(=O)CC1(O)CCOC1C. The first kappa shape index (κ1) is 10.5. The molecule has 1 saturated heterocycles. The molecule has 0 bridgehead atoms. The minimum atomic E-state index is -1.02. The molecular weight excluding hydrogens is 172 g/mol. The molecule has 2 atom stereocenters. The zero-order chi connectivity index (χ0) is 9.90. The summed E-state index contributed by atoms with van der Waals surface area (Å²) in [6, 6.07) is 0. The Bertz CT molecular complexity index is 192. The van der Waals surface area contributed by atoms with E-state index < -0.39 is 5.60 Å². The van der Waals surface area contributed by atoms with Crippen LogP contribution in [0, 0.1) is 0 Å². The lowest BCUT2D eigenvalue weighted by atomic mass is 9.93. The predicted molar refractivity (Wildman–Crippen MR) is 46.2 cm³/mol. The summed E-state index contributed by atoms with van der Waals surface area (Å²) in [5, 5.41) is 9.93. The average molecular weight is 188 g/mol. The summed E-state index contributed by atoms with van der Waals surface area (Å²) in [6.45, 7) is 4.38. The van der Waals surface area contributed by atoms with E-state index in [0.717, 1.165) is 0 Å². The summed E-state index contributed by atoms with van der Waals surface area (Å²) < 4.78 is 9.95. The van der Waals surface area contributed by atoms with Crippen molar-refractivity contribution in [2.75, 3.05) is 13.2 Å². The van der Waals surface area contributed by atoms with E-state index in [1.54, 1.807) is 13.8 Å². The Kier molecular flexibility index (Phi) is 3.27. The van der Waals surface area contributed by atoms with Crippen LogP contribution in [0.2, 0.25) is 0 Å². The first-order chi connectivity index (χ1) is 6.08. The van der Waals surface area contributed by atoms with Gasteiger partial charge in [-0.15, -0.1) is 0 Å². The number of rotatable bonds is 3. The maximum Gasteiger partial charge on any atom is 0.308 e. The number of carbonyl (C=O) groups excluding carboxylic acids is 1. The molecule has 1 aliphatic heterocycles. The average Bonchev–Trinajstić information content (AvgIpc) is 2.32. The first-order valence-corrected chi connectivity index (χ1v) is 4.58. The molecule has 1 aliphatic rings. The lowest BCUT2D eigenvalue weighted by molar-refractivity contribution is -0.150. The number of carbonyl (C=O) groups is 1. The molecule has 0 saturated carbocycles. The summed E-state index contributed by atoms with van der Waals surface area (Å²) in [7, 11) is 0. The monoisotopic (exact) mass is 188 g/mol. The summed E-state index contributed by atoms with van der Waals surface area (Å²) in [4.78, 5) is 11.1. The zero-order valence-corrected chi connectivity index (χ0v) is 8.08. The molecule has 1 heterocycles. The molecular formula is C9H16O4. The van der Waals surface area contributed by atoms with Crippen molar-refractivity contribution in [3.05, 3.63) is 0 Å². The second-order valence-electron chi connectivity index (χ2n) is 3.35. The van der Waals surface area contributed by atoms with Gasteiger partial charge in [-0.3, -0.25) is 4.79 Å². The van der Waals surface area contributed by atoms with Gasteiger partial charge in [0.25, 0.3) is 0 Å². The largest absolute Gasteiger partial charge is 0.466 e. The van der Waals surface area contributed by atoms with E-state index in [0.29, 0.717) is 19.6 Å². The van der Waals surface area contributed by atoms with E-state index in [-0.39, 0.29) is 18.5 Å². The normalized spacial score (nSPS) is 33.3. The zero-order valence-electron chi connectivity index (χ0n) is 8.08. The number of ether oxygens (including phenoxy) is 2. The molecule has 0 radical (unpaired) electrons. The summed E-state index contributed by atoms with van der Waals surface area (Å²) in [6.07, 6.45) is 0.256. The highest BCUT2D eigenvalue weighted by Gasteiger charge is 2.41. The molecule has 1 fully saturated rings. The third-order valence-corrected chi connectivity index (χ3v) is 2.42. The Morgan fingerprint density at radius 2 is 2.46 bits per heavy atom. The number of hydrogen-bond donors (Lipinski definition) is 1. The van der Waals surface area contributed by atoms with Crippen molar-refractivity contribution in [1.29, 1.82) is 0 Å². The molecule has 0 spiro atoms. The third-order valence-electron chi connectivity index (χ3n) is 2.42. The Morgan fingerprint density at radius 1 is 1.77 bits per heavy atom. The molecule has 0 aliphatic carbocycles. The van der Waals surface area contributed by atoms with Crippen LogP contribution in [0.4, 0.5) is 0 Å². The molecule has 76 valence electrons. The predicted octanol–water partition coefficient (Wildman–Crippen LogP) is 0.480. The van der Waals surface area contributed by atoms with Gasteiger partial charge < -0.3 is 14.6 Å². The van der Waals surface area contributed by atoms with Crippen molar-refractivity contribution in [2.24, 2.45) is 0 Å². The van der Waals surface area contributed by atoms with Gasteiger partial charge in [0.05, 0.1) is 19.1 Å². The second-order valence-corrected chi connectivity index (χ2v) is 3.35. The molecule has 0 aromatic heterocycles. The quantitative estimate of drug-likeness (QED) is 0.654. The summed E-state index contributed by atoms with van der Waals surface area (Å²) >= 11 is 0. The second kappa shape index (κ2) is 4.07. The highest BCUT2D eigenvalue weighted by atomic mass is 16.5. The highest BCUT2D eigenvalue weighted by Crippen LogP contribution is 2.29. The Morgan fingerprint density at radius 3 is 2.92 bits per heavy atom. The molecule has 13 heavy (non-hydrogen) atoms. The van der Waals surface area contributed by atoms with Gasteiger partial charge in [0.15, 0.2) is 0 Å². The van der Waals surface area contributed by atoms with E-state index >= 15 is 0 Å². The molecule has 0 aromatic rings. The van der Waals surface area contributed by atoms with Gasteiger partial charge in [0, 0.05) is 13.0 Å². The lowest BCUT2D eigenvalue weighted by Gasteiger charge is -2.24. The number of hydrogen-bond acceptors (Lipinski definition) is 4. The molecule has 4 heteroatoms. The molecule has 1 rings (SSSR count). The fourth-order valence-electron chi connectivity index (χ4n) is 1.46.